The molecule has 0 radical (unpaired) electrons. The standard InChI is InChI=1S/C41H52N6O6S/c1-7-34-26(15-18-52-34)38(48)44-31-20-35-43-32(22-54-35)25-13-14-33-28(19-25)29(37(46(33)8-2)27-11-9-16-42-36(27)24(3)51-6)21-41(4,5)23-53-40(50)30-12-10-17-47(45-30)39(31)49/h9,11,13-14,16,19,22,24,26,30-31,34,45H,7-8,10,12,15,17-18,20-21,23H2,1-6H3,(H,44,48)/t24-,26+,30-,31-,34-/m0/s1. The summed E-state index contributed by atoms with van der Waals surface area (Å²) in [5, 5.41) is 8.40. The van der Waals surface area contributed by atoms with E-state index >= 15 is 0 Å². The topological polar surface area (TPSA) is 137 Å². The number of carbonyl (C=O) groups is 3. The van der Waals surface area contributed by atoms with Crippen molar-refractivity contribution < 1.29 is 28.6 Å². The summed E-state index contributed by atoms with van der Waals surface area (Å²) in [7, 11) is 1.70. The van der Waals surface area contributed by atoms with Crippen LogP contribution in [0.4, 0.5) is 0 Å². The lowest BCUT2D eigenvalue weighted by atomic mass is 9.84. The minimum Gasteiger partial charge on any atom is -0.464 e. The lowest BCUT2D eigenvalue weighted by molar-refractivity contribution is -0.155. The van der Waals surface area contributed by atoms with Gasteiger partial charge in [-0.15, -0.1) is 11.3 Å². The van der Waals surface area contributed by atoms with Crippen LogP contribution >= 0.6 is 11.3 Å². The van der Waals surface area contributed by atoms with E-state index in [1.165, 1.54) is 16.3 Å². The van der Waals surface area contributed by atoms with Gasteiger partial charge in [0.15, 0.2) is 0 Å². The first kappa shape index (κ1) is 38.1. The highest BCUT2D eigenvalue weighted by molar-refractivity contribution is 7.10. The summed E-state index contributed by atoms with van der Waals surface area (Å²) in [6.07, 6.45) is 4.71. The monoisotopic (exact) mass is 756 g/mol. The molecule has 12 nitrogen and oxygen atoms in total. The smallest absolute Gasteiger partial charge is 0.324 e. The van der Waals surface area contributed by atoms with E-state index in [1.807, 2.05) is 25.3 Å². The lowest BCUT2D eigenvalue weighted by Crippen LogP contribution is -2.61. The largest absolute Gasteiger partial charge is 0.464 e. The van der Waals surface area contributed by atoms with Gasteiger partial charge >= 0.3 is 5.97 Å². The maximum absolute atomic E-state index is 14.2. The number of thiazole rings is 1. The summed E-state index contributed by atoms with van der Waals surface area (Å²) in [6.45, 7) is 12.2. The van der Waals surface area contributed by atoms with Gasteiger partial charge in [-0.2, -0.15) is 0 Å². The van der Waals surface area contributed by atoms with Crippen LogP contribution in [0.25, 0.3) is 33.4 Å². The molecule has 2 N–H and O–H groups in total. The second-order valence-electron chi connectivity index (χ2n) is 15.5. The third-order valence-electron chi connectivity index (χ3n) is 11.1. The minimum atomic E-state index is -0.881. The van der Waals surface area contributed by atoms with E-state index in [1.54, 1.807) is 13.3 Å². The van der Waals surface area contributed by atoms with Crippen molar-refractivity contribution in [1.29, 1.82) is 0 Å². The molecule has 288 valence electrons. The molecule has 5 atom stereocenters. The molecule has 1 aromatic carbocycles. The highest BCUT2D eigenvalue weighted by Gasteiger charge is 2.38. The van der Waals surface area contributed by atoms with Gasteiger partial charge in [0.2, 0.25) is 5.91 Å². The Balaban J connectivity index is 1.34. The third-order valence-corrected chi connectivity index (χ3v) is 12.0. The molecule has 0 aliphatic carbocycles. The number of aryl methyl sites for hydroxylation is 1. The van der Waals surface area contributed by atoms with Crippen LogP contribution in [-0.4, -0.2) is 82.4 Å². The maximum atomic E-state index is 14.2. The molecule has 0 spiro atoms. The fourth-order valence-electron chi connectivity index (χ4n) is 8.19. The Morgan fingerprint density at radius 1 is 1.20 bits per heavy atom. The first-order valence-corrected chi connectivity index (χ1v) is 20.1. The van der Waals surface area contributed by atoms with Crippen LogP contribution in [0.1, 0.15) is 82.7 Å². The fraction of sp³-hybridized carbons (Fsp3) is 0.537. The number of aromatic nitrogens is 3. The number of hydrogen-bond acceptors (Lipinski definition) is 10. The maximum Gasteiger partial charge on any atom is 0.324 e. The molecular formula is C41H52N6O6S. The summed E-state index contributed by atoms with van der Waals surface area (Å²) in [4.78, 5) is 51.4. The van der Waals surface area contributed by atoms with Crippen LogP contribution in [-0.2, 0) is 48.0 Å². The summed E-state index contributed by atoms with van der Waals surface area (Å²) in [5.74, 6) is -1.23. The van der Waals surface area contributed by atoms with Gasteiger partial charge in [-0.3, -0.25) is 24.4 Å². The molecular weight excluding hydrogens is 705 g/mol. The molecule has 6 bridgehead atoms. The van der Waals surface area contributed by atoms with Crippen molar-refractivity contribution in [3.63, 3.8) is 0 Å². The molecule has 3 aliphatic rings. The van der Waals surface area contributed by atoms with Gasteiger partial charge < -0.3 is 24.1 Å². The molecule has 3 aliphatic heterocycles. The Morgan fingerprint density at radius 3 is 2.81 bits per heavy atom. The number of nitrogens with zero attached hydrogens (tertiary/aromatic N) is 4. The van der Waals surface area contributed by atoms with E-state index in [4.69, 9.17) is 24.2 Å². The van der Waals surface area contributed by atoms with E-state index < -0.39 is 23.5 Å². The lowest BCUT2D eigenvalue weighted by Gasteiger charge is -2.35. The zero-order chi connectivity index (χ0) is 38.1. The number of rotatable bonds is 7. The zero-order valence-corrected chi connectivity index (χ0v) is 33.0. The number of esters is 1. The number of nitrogens with one attached hydrogen (secondary N) is 2. The molecule has 0 unspecified atom stereocenters. The molecule has 2 fully saturated rings. The first-order valence-electron chi connectivity index (χ1n) is 19.3. The van der Waals surface area contributed by atoms with Gasteiger partial charge in [-0.05, 0) is 75.8 Å². The Bertz CT molecular complexity index is 2020. The molecule has 13 heteroatoms. The predicted octanol–water partition coefficient (Wildman–Crippen LogP) is 6.02. The summed E-state index contributed by atoms with van der Waals surface area (Å²) in [5.41, 5.74) is 9.62. The number of carbonyl (C=O) groups excluding carboxylic acids is 3. The Morgan fingerprint density at radius 2 is 2.04 bits per heavy atom. The molecule has 2 amide bonds. The molecule has 4 aromatic rings. The number of benzene rings is 1. The summed E-state index contributed by atoms with van der Waals surface area (Å²) in [6, 6.07) is 8.96. The third kappa shape index (κ3) is 7.56. The average molecular weight is 757 g/mol. The van der Waals surface area contributed by atoms with Crippen LogP contribution < -0.4 is 10.7 Å². The summed E-state index contributed by atoms with van der Waals surface area (Å²) >= 11 is 1.47. The van der Waals surface area contributed by atoms with Gasteiger partial charge in [0.25, 0.3) is 5.91 Å². The SMILES string of the molecule is CC[C@@H]1OCC[C@H]1C(=O)N[C@H]1Cc2nc(cs2)-c2ccc3c(c2)c(c(-c2cccnc2[C@H](C)OC)n3CC)CC(C)(C)COC(=O)[C@@H]2CCCN(N2)C1=O. The van der Waals surface area contributed by atoms with E-state index in [-0.39, 0.29) is 43.0 Å². The highest BCUT2D eigenvalue weighted by atomic mass is 32.1. The van der Waals surface area contributed by atoms with Gasteiger partial charge in [0.1, 0.15) is 12.1 Å². The van der Waals surface area contributed by atoms with Crippen molar-refractivity contribution in [3.05, 3.63) is 58.2 Å². The van der Waals surface area contributed by atoms with E-state index in [0.29, 0.717) is 45.3 Å². The van der Waals surface area contributed by atoms with Crippen molar-refractivity contribution >= 4 is 40.0 Å². The number of hydrogen-bond donors (Lipinski definition) is 2. The minimum absolute atomic E-state index is 0.181. The van der Waals surface area contributed by atoms with Crippen LogP contribution in [0.2, 0.25) is 0 Å². The average Bonchev–Trinajstić information content (AvgIpc) is 3.93. The van der Waals surface area contributed by atoms with Crippen LogP contribution in [0.15, 0.2) is 41.9 Å². The molecule has 3 aromatic heterocycles. The summed E-state index contributed by atoms with van der Waals surface area (Å²) < 4.78 is 20.0. The number of ether oxygens (including phenoxy) is 3. The number of pyridine rings is 1. The normalized spacial score (nSPS) is 23.9. The van der Waals surface area contributed by atoms with Crippen LogP contribution in [0.5, 0.6) is 0 Å². The highest BCUT2D eigenvalue weighted by Crippen LogP contribution is 2.42. The Kier molecular flexibility index (Phi) is 11.2. The van der Waals surface area contributed by atoms with Crippen molar-refractivity contribution in [2.45, 2.75) is 104 Å². The van der Waals surface area contributed by atoms with Gasteiger partial charge in [0, 0.05) is 72.2 Å². The van der Waals surface area contributed by atoms with Gasteiger partial charge in [-0.1, -0.05) is 26.8 Å². The zero-order valence-electron chi connectivity index (χ0n) is 32.1. The predicted molar refractivity (Wildman–Crippen MR) is 207 cm³/mol. The molecule has 2 saturated heterocycles. The molecule has 0 saturated carbocycles. The van der Waals surface area contributed by atoms with E-state index in [9.17, 15) is 14.4 Å². The van der Waals surface area contributed by atoms with Crippen LogP contribution in [0.3, 0.4) is 0 Å². The Hall–Kier alpha value is -4.17. The number of fused-ring (bicyclic) bond motifs is 6. The van der Waals surface area contributed by atoms with Crippen molar-refractivity contribution in [2.75, 3.05) is 26.9 Å². The number of hydrazine groups is 1. The second-order valence-corrected chi connectivity index (χ2v) is 16.4. The number of methoxy groups -OCH3 is 1. The van der Waals surface area contributed by atoms with E-state index in [2.05, 4.69) is 60.3 Å². The van der Waals surface area contributed by atoms with Crippen LogP contribution in [0, 0.1) is 11.3 Å². The number of cyclic esters (lactones) is 1. The van der Waals surface area contributed by atoms with Crippen molar-refractivity contribution in [1.82, 2.24) is 30.3 Å². The fourth-order valence-corrected chi connectivity index (χ4v) is 9.04. The first-order chi connectivity index (χ1) is 26.0. The van der Waals surface area contributed by atoms with Crippen molar-refractivity contribution in [3.8, 4) is 22.5 Å². The Labute approximate surface area is 320 Å². The van der Waals surface area contributed by atoms with Gasteiger partial charge in [-0.25, -0.2) is 10.4 Å². The molecule has 7 rings (SSSR count). The quantitative estimate of drug-likeness (QED) is 0.217. The van der Waals surface area contributed by atoms with Gasteiger partial charge in [0.05, 0.1) is 46.8 Å². The second kappa shape index (κ2) is 15.9. The number of amides is 2. The van der Waals surface area contributed by atoms with Crippen molar-refractivity contribution in [2.24, 2.45) is 11.3 Å². The molecule has 54 heavy (non-hydrogen) atoms. The van der Waals surface area contributed by atoms with E-state index in [0.717, 1.165) is 56.2 Å². The molecule has 6 heterocycles.